The monoisotopic (exact) mass is 354 g/mol. The Kier molecular flexibility index (Phi) is 9.81. The Hall–Kier alpha value is -1.21. The molecule has 2 aliphatic rings. The maximum atomic E-state index is 10.8. The zero-order chi connectivity index (χ0) is 17.7. The number of ether oxygens (including phenoxy) is 5. The van der Waals surface area contributed by atoms with Crippen LogP contribution in [0.4, 0.5) is 0 Å². The summed E-state index contributed by atoms with van der Waals surface area (Å²) in [5.74, 6) is 1.12. The van der Waals surface area contributed by atoms with Crippen LogP contribution in [0.2, 0.25) is 0 Å². The van der Waals surface area contributed by atoms with Crippen LogP contribution in [0, 0.1) is 11.8 Å². The van der Waals surface area contributed by atoms with Crippen molar-refractivity contribution in [2.24, 2.45) is 11.8 Å². The Bertz CT molecular complexity index is 422. The molecule has 0 spiro atoms. The molecule has 0 aliphatic heterocycles. The summed E-state index contributed by atoms with van der Waals surface area (Å²) in [6, 6.07) is 0. The average Bonchev–Trinajstić information content (AvgIpc) is 3.20. The topological polar surface area (TPSA) is 63.2 Å². The highest BCUT2D eigenvalue weighted by molar-refractivity contribution is 5.81. The smallest absolute Gasteiger partial charge is 0.330 e. The maximum absolute atomic E-state index is 10.8. The van der Waals surface area contributed by atoms with E-state index in [0.717, 1.165) is 24.3 Å². The number of hydrogen-bond acceptors (Lipinski definition) is 6. The Morgan fingerprint density at radius 3 is 2.24 bits per heavy atom. The van der Waals surface area contributed by atoms with Gasteiger partial charge in [0, 0.05) is 6.08 Å². The number of fused-ring (bicyclic) bond motifs is 1. The SMILES string of the molecule is C=CC(=O)OCCOCCOCCOCCOC1CC2C=CCC2C1. The summed E-state index contributed by atoms with van der Waals surface area (Å²) in [6.45, 7) is 7.20. The Balaban J connectivity index is 1.28. The van der Waals surface area contributed by atoms with E-state index in [2.05, 4.69) is 18.7 Å². The van der Waals surface area contributed by atoms with Crippen LogP contribution in [0.1, 0.15) is 19.3 Å². The van der Waals surface area contributed by atoms with E-state index in [9.17, 15) is 4.79 Å². The minimum Gasteiger partial charge on any atom is -0.460 e. The third-order valence-corrected chi connectivity index (χ3v) is 4.49. The fourth-order valence-electron chi connectivity index (χ4n) is 3.25. The van der Waals surface area contributed by atoms with Crippen molar-refractivity contribution in [3.63, 3.8) is 0 Å². The third kappa shape index (κ3) is 8.14. The summed E-state index contributed by atoms with van der Waals surface area (Å²) in [6.07, 6.45) is 9.76. The molecule has 2 aliphatic carbocycles. The molecule has 3 unspecified atom stereocenters. The standard InChI is InChI=1S/C19H30O6/c1-2-19(20)25-13-11-23-9-7-21-6-8-22-10-12-24-18-14-16-4-3-5-17(16)15-18/h2-4,16-18H,1,5-15H2. The summed E-state index contributed by atoms with van der Waals surface area (Å²) in [5.41, 5.74) is 0. The summed E-state index contributed by atoms with van der Waals surface area (Å²) < 4.78 is 26.8. The summed E-state index contributed by atoms with van der Waals surface area (Å²) in [4.78, 5) is 10.8. The van der Waals surface area contributed by atoms with E-state index in [1.807, 2.05) is 0 Å². The fraction of sp³-hybridized carbons (Fsp3) is 0.737. The molecule has 25 heavy (non-hydrogen) atoms. The van der Waals surface area contributed by atoms with E-state index in [-0.39, 0.29) is 6.61 Å². The lowest BCUT2D eigenvalue weighted by atomic mass is 10.0. The number of allylic oxidation sites excluding steroid dienone is 2. The van der Waals surface area contributed by atoms with Gasteiger partial charge in [-0.2, -0.15) is 0 Å². The van der Waals surface area contributed by atoms with Crippen molar-refractivity contribution in [1.82, 2.24) is 0 Å². The van der Waals surface area contributed by atoms with Gasteiger partial charge in [-0.25, -0.2) is 4.79 Å². The van der Waals surface area contributed by atoms with Crippen LogP contribution in [0.15, 0.2) is 24.8 Å². The Morgan fingerprint density at radius 1 is 0.960 bits per heavy atom. The maximum Gasteiger partial charge on any atom is 0.330 e. The second-order valence-corrected chi connectivity index (χ2v) is 6.26. The highest BCUT2D eigenvalue weighted by Crippen LogP contribution is 2.40. The summed E-state index contributed by atoms with van der Waals surface area (Å²) in [5, 5.41) is 0. The fourth-order valence-corrected chi connectivity index (χ4v) is 3.25. The second kappa shape index (κ2) is 12.2. The van der Waals surface area contributed by atoms with Crippen LogP contribution < -0.4 is 0 Å². The van der Waals surface area contributed by atoms with E-state index in [4.69, 9.17) is 23.7 Å². The van der Waals surface area contributed by atoms with Crippen molar-refractivity contribution < 1.29 is 28.5 Å². The molecule has 142 valence electrons. The van der Waals surface area contributed by atoms with Gasteiger partial charge in [0.25, 0.3) is 0 Å². The molecule has 0 N–H and O–H groups in total. The molecule has 2 rings (SSSR count). The van der Waals surface area contributed by atoms with Gasteiger partial charge in [0.2, 0.25) is 0 Å². The molecule has 0 aromatic rings. The first-order valence-electron chi connectivity index (χ1n) is 9.10. The number of esters is 1. The molecule has 0 heterocycles. The molecule has 6 heteroatoms. The first kappa shape index (κ1) is 20.1. The number of rotatable bonds is 14. The van der Waals surface area contributed by atoms with Crippen LogP contribution in [-0.2, 0) is 28.5 Å². The minimum atomic E-state index is -0.436. The van der Waals surface area contributed by atoms with Gasteiger partial charge in [0.1, 0.15) is 6.61 Å². The number of carbonyl (C=O) groups is 1. The van der Waals surface area contributed by atoms with E-state index < -0.39 is 5.97 Å². The van der Waals surface area contributed by atoms with Crippen molar-refractivity contribution in [1.29, 1.82) is 0 Å². The van der Waals surface area contributed by atoms with E-state index in [1.54, 1.807) is 0 Å². The van der Waals surface area contributed by atoms with Crippen LogP contribution in [0.5, 0.6) is 0 Å². The van der Waals surface area contributed by atoms with Crippen LogP contribution in [-0.4, -0.2) is 64.9 Å². The summed E-state index contributed by atoms with van der Waals surface area (Å²) >= 11 is 0. The molecule has 0 radical (unpaired) electrons. The molecule has 3 atom stereocenters. The van der Waals surface area contributed by atoms with Crippen molar-refractivity contribution in [2.45, 2.75) is 25.4 Å². The molecule has 6 nitrogen and oxygen atoms in total. The van der Waals surface area contributed by atoms with Gasteiger partial charge < -0.3 is 23.7 Å². The van der Waals surface area contributed by atoms with Gasteiger partial charge >= 0.3 is 5.97 Å². The van der Waals surface area contributed by atoms with Gasteiger partial charge in [0.05, 0.1) is 52.4 Å². The Labute approximate surface area is 150 Å². The van der Waals surface area contributed by atoms with Gasteiger partial charge in [-0.1, -0.05) is 18.7 Å². The van der Waals surface area contributed by atoms with Crippen LogP contribution in [0.25, 0.3) is 0 Å². The summed E-state index contributed by atoms with van der Waals surface area (Å²) in [7, 11) is 0. The second-order valence-electron chi connectivity index (χ2n) is 6.26. The first-order chi connectivity index (χ1) is 12.3. The molecule has 0 saturated heterocycles. The highest BCUT2D eigenvalue weighted by Gasteiger charge is 2.34. The third-order valence-electron chi connectivity index (χ3n) is 4.49. The molecule has 0 amide bonds. The van der Waals surface area contributed by atoms with E-state index >= 15 is 0 Å². The lowest BCUT2D eigenvalue weighted by Gasteiger charge is -2.12. The largest absolute Gasteiger partial charge is 0.460 e. The van der Waals surface area contributed by atoms with Gasteiger partial charge in [-0.05, 0) is 31.1 Å². The van der Waals surface area contributed by atoms with Crippen molar-refractivity contribution in [2.75, 3.05) is 52.9 Å². The quantitative estimate of drug-likeness (QED) is 0.206. The van der Waals surface area contributed by atoms with Crippen molar-refractivity contribution >= 4 is 5.97 Å². The van der Waals surface area contributed by atoms with Crippen molar-refractivity contribution in [3.8, 4) is 0 Å². The minimum absolute atomic E-state index is 0.229. The molecule has 0 bridgehead atoms. The van der Waals surface area contributed by atoms with Gasteiger partial charge in [-0.3, -0.25) is 0 Å². The molecule has 1 saturated carbocycles. The zero-order valence-corrected chi connectivity index (χ0v) is 14.9. The van der Waals surface area contributed by atoms with Gasteiger partial charge in [0.15, 0.2) is 0 Å². The lowest BCUT2D eigenvalue weighted by molar-refractivity contribution is -0.139. The van der Waals surface area contributed by atoms with Gasteiger partial charge in [-0.15, -0.1) is 0 Å². The number of hydrogen-bond donors (Lipinski definition) is 0. The normalized spacial score (nSPS) is 24.4. The number of carbonyl (C=O) groups excluding carboxylic acids is 1. The predicted octanol–water partition coefficient (Wildman–Crippen LogP) is 2.14. The lowest BCUT2D eigenvalue weighted by Crippen LogP contribution is -2.16. The highest BCUT2D eigenvalue weighted by atomic mass is 16.6. The van der Waals surface area contributed by atoms with Crippen LogP contribution >= 0.6 is 0 Å². The van der Waals surface area contributed by atoms with E-state index in [0.29, 0.717) is 52.4 Å². The first-order valence-corrected chi connectivity index (χ1v) is 9.10. The zero-order valence-electron chi connectivity index (χ0n) is 14.9. The molecule has 1 fully saturated rings. The average molecular weight is 354 g/mol. The van der Waals surface area contributed by atoms with Crippen LogP contribution in [0.3, 0.4) is 0 Å². The van der Waals surface area contributed by atoms with Crippen molar-refractivity contribution in [3.05, 3.63) is 24.8 Å². The molecule has 0 aromatic heterocycles. The molecular weight excluding hydrogens is 324 g/mol. The molecular formula is C19H30O6. The van der Waals surface area contributed by atoms with E-state index in [1.165, 1.54) is 12.8 Å². The Morgan fingerprint density at radius 2 is 1.60 bits per heavy atom. The molecule has 0 aromatic carbocycles. The predicted molar refractivity (Wildman–Crippen MR) is 93.3 cm³/mol.